The van der Waals surface area contributed by atoms with Gasteiger partial charge in [-0.2, -0.15) is 0 Å². The minimum Gasteiger partial charge on any atom is -0.504 e. The van der Waals surface area contributed by atoms with Gasteiger partial charge < -0.3 is 26.0 Å². The maximum absolute atomic E-state index is 11.7. The lowest BCUT2D eigenvalue weighted by Gasteiger charge is -2.15. The Morgan fingerprint density at radius 1 is 1.33 bits per heavy atom. The molecule has 0 aromatic heterocycles. The van der Waals surface area contributed by atoms with Gasteiger partial charge in [0.1, 0.15) is 6.04 Å². The Bertz CT molecular complexity index is 560. The predicted octanol–water partition coefficient (Wildman–Crippen LogP) is 0.801. The van der Waals surface area contributed by atoms with E-state index in [4.69, 9.17) is 5.11 Å². The largest absolute Gasteiger partial charge is 0.504 e. The molecule has 21 heavy (non-hydrogen) atoms. The van der Waals surface area contributed by atoms with Crippen molar-refractivity contribution >= 4 is 12.0 Å². The van der Waals surface area contributed by atoms with Gasteiger partial charge in [-0.1, -0.05) is 13.0 Å². The summed E-state index contributed by atoms with van der Waals surface area (Å²) in [5, 5.41) is 32.9. The monoisotopic (exact) mass is 294 g/mol. The first kappa shape index (κ1) is 15.0. The van der Waals surface area contributed by atoms with Crippen molar-refractivity contribution in [1.29, 1.82) is 0 Å². The van der Waals surface area contributed by atoms with Crippen LogP contribution in [0.1, 0.15) is 18.9 Å². The maximum Gasteiger partial charge on any atom is 0.326 e. The Balaban J connectivity index is 1.96. The smallest absolute Gasteiger partial charge is 0.326 e. The lowest BCUT2D eigenvalue weighted by Crippen LogP contribution is -2.47. The van der Waals surface area contributed by atoms with Gasteiger partial charge in [0.25, 0.3) is 0 Å². The minimum absolute atomic E-state index is 0.0107. The van der Waals surface area contributed by atoms with Crippen LogP contribution >= 0.6 is 0 Å². The highest BCUT2D eigenvalue weighted by Crippen LogP contribution is 2.28. The van der Waals surface area contributed by atoms with E-state index in [-0.39, 0.29) is 24.0 Å². The lowest BCUT2D eigenvalue weighted by atomic mass is 10.1. The van der Waals surface area contributed by atoms with Crippen LogP contribution in [0, 0.1) is 5.92 Å². The van der Waals surface area contributed by atoms with E-state index in [1.54, 1.807) is 0 Å². The van der Waals surface area contributed by atoms with Gasteiger partial charge in [0.15, 0.2) is 11.5 Å². The minimum atomic E-state index is -1.17. The Labute approximate surface area is 121 Å². The highest BCUT2D eigenvalue weighted by molar-refractivity contribution is 5.83. The number of urea groups is 1. The topological polar surface area (TPSA) is 119 Å². The van der Waals surface area contributed by atoms with Crippen LogP contribution in [-0.4, -0.2) is 39.4 Å². The molecular formula is C14H18N2O5. The van der Waals surface area contributed by atoms with Crippen LogP contribution in [0.5, 0.6) is 11.5 Å². The van der Waals surface area contributed by atoms with Crippen LogP contribution in [0.2, 0.25) is 0 Å². The van der Waals surface area contributed by atoms with Gasteiger partial charge in [-0.3, -0.25) is 0 Å². The SMILES string of the molecule is CC1CC1NC(=O)N[C@@H](Cc1ccc(O)c(O)c1)C(=O)O. The molecule has 1 aliphatic rings. The van der Waals surface area contributed by atoms with Crippen LogP contribution < -0.4 is 10.6 Å². The number of aliphatic carboxylic acids is 1. The molecule has 114 valence electrons. The van der Waals surface area contributed by atoms with Crippen LogP contribution in [0.15, 0.2) is 18.2 Å². The van der Waals surface area contributed by atoms with Crippen molar-refractivity contribution in [3.63, 3.8) is 0 Å². The van der Waals surface area contributed by atoms with Crippen LogP contribution in [0.25, 0.3) is 0 Å². The predicted molar refractivity (Wildman–Crippen MR) is 74.1 cm³/mol. The summed E-state index contributed by atoms with van der Waals surface area (Å²) in [6.07, 6.45) is 0.911. The number of carbonyl (C=O) groups excluding carboxylic acids is 1. The van der Waals surface area contributed by atoms with E-state index in [1.807, 2.05) is 6.92 Å². The molecule has 3 atom stereocenters. The summed E-state index contributed by atoms with van der Waals surface area (Å²) < 4.78 is 0. The number of benzene rings is 1. The zero-order valence-corrected chi connectivity index (χ0v) is 11.5. The van der Waals surface area contributed by atoms with Gasteiger partial charge in [-0.15, -0.1) is 0 Å². The van der Waals surface area contributed by atoms with Crippen LogP contribution in [-0.2, 0) is 11.2 Å². The molecule has 1 aromatic carbocycles. The van der Waals surface area contributed by atoms with Crippen molar-refractivity contribution in [1.82, 2.24) is 10.6 Å². The summed E-state index contributed by atoms with van der Waals surface area (Å²) in [6.45, 7) is 2.00. The summed E-state index contributed by atoms with van der Waals surface area (Å²) in [4.78, 5) is 22.9. The van der Waals surface area contributed by atoms with Crippen molar-refractivity contribution in [3.05, 3.63) is 23.8 Å². The first-order valence-corrected chi connectivity index (χ1v) is 6.67. The number of phenols is 2. The van der Waals surface area contributed by atoms with Gasteiger partial charge in [-0.05, 0) is 30.0 Å². The van der Waals surface area contributed by atoms with Gasteiger partial charge in [-0.25, -0.2) is 9.59 Å². The van der Waals surface area contributed by atoms with Gasteiger partial charge in [0.2, 0.25) is 0 Å². The first-order valence-electron chi connectivity index (χ1n) is 6.67. The van der Waals surface area contributed by atoms with E-state index in [9.17, 15) is 19.8 Å². The van der Waals surface area contributed by atoms with Crippen molar-refractivity contribution in [3.8, 4) is 11.5 Å². The third kappa shape index (κ3) is 4.01. The average Bonchev–Trinajstić information content (AvgIpc) is 3.08. The molecule has 7 heteroatoms. The highest BCUT2D eigenvalue weighted by Gasteiger charge is 2.34. The molecule has 1 aromatic rings. The second-order valence-corrected chi connectivity index (χ2v) is 5.36. The molecular weight excluding hydrogens is 276 g/mol. The van der Waals surface area contributed by atoms with E-state index >= 15 is 0 Å². The number of hydrogen-bond acceptors (Lipinski definition) is 4. The normalized spacial score (nSPS) is 21.4. The fraction of sp³-hybridized carbons (Fsp3) is 0.429. The Hall–Kier alpha value is -2.44. The standard InChI is InChI=1S/C14H18N2O5/c1-7-4-9(7)15-14(21)16-10(13(19)20)5-8-2-3-11(17)12(18)6-8/h2-3,6-7,9-10,17-18H,4-5H2,1H3,(H,19,20)(H2,15,16,21)/t7?,9?,10-/m0/s1. The molecule has 2 unspecified atom stereocenters. The fourth-order valence-electron chi connectivity index (χ4n) is 2.02. The van der Waals surface area contributed by atoms with Gasteiger partial charge in [0.05, 0.1) is 0 Å². The number of rotatable bonds is 5. The zero-order valence-electron chi connectivity index (χ0n) is 11.5. The molecule has 1 aliphatic carbocycles. The molecule has 1 fully saturated rings. The first-order chi connectivity index (χ1) is 9.86. The molecule has 0 radical (unpaired) electrons. The molecule has 0 aliphatic heterocycles. The number of hydrogen-bond donors (Lipinski definition) is 5. The second-order valence-electron chi connectivity index (χ2n) is 5.36. The zero-order chi connectivity index (χ0) is 15.6. The molecule has 0 saturated heterocycles. The number of carboxylic acid groups (broad SMARTS) is 1. The quantitative estimate of drug-likeness (QED) is 0.515. The molecule has 0 bridgehead atoms. The number of nitrogens with one attached hydrogen (secondary N) is 2. The lowest BCUT2D eigenvalue weighted by molar-refractivity contribution is -0.139. The summed E-state index contributed by atoms with van der Waals surface area (Å²) in [5.74, 6) is -1.35. The summed E-state index contributed by atoms with van der Waals surface area (Å²) in [5.41, 5.74) is 0.498. The summed E-state index contributed by atoms with van der Waals surface area (Å²) >= 11 is 0. The van der Waals surface area contributed by atoms with E-state index in [0.29, 0.717) is 11.5 Å². The number of carbonyl (C=O) groups is 2. The Morgan fingerprint density at radius 3 is 2.52 bits per heavy atom. The molecule has 0 heterocycles. The van der Waals surface area contributed by atoms with E-state index in [1.165, 1.54) is 18.2 Å². The molecule has 0 spiro atoms. The molecule has 2 rings (SSSR count). The van der Waals surface area contributed by atoms with E-state index < -0.39 is 18.0 Å². The Kier molecular flexibility index (Phi) is 4.21. The number of amides is 2. The summed E-state index contributed by atoms with van der Waals surface area (Å²) in [6, 6.07) is 2.52. The van der Waals surface area contributed by atoms with Crippen molar-refractivity contribution in [2.45, 2.75) is 31.8 Å². The number of carboxylic acids is 1. The average molecular weight is 294 g/mol. The van der Waals surface area contributed by atoms with Gasteiger partial charge >= 0.3 is 12.0 Å². The summed E-state index contributed by atoms with van der Waals surface area (Å²) in [7, 11) is 0. The fourth-order valence-corrected chi connectivity index (χ4v) is 2.02. The van der Waals surface area contributed by atoms with Crippen LogP contribution in [0.3, 0.4) is 0 Å². The van der Waals surface area contributed by atoms with Crippen molar-refractivity contribution in [2.24, 2.45) is 5.92 Å². The third-order valence-corrected chi connectivity index (χ3v) is 3.51. The van der Waals surface area contributed by atoms with Gasteiger partial charge in [0, 0.05) is 12.5 Å². The highest BCUT2D eigenvalue weighted by atomic mass is 16.4. The number of aromatic hydroxyl groups is 2. The van der Waals surface area contributed by atoms with Crippen molar-refractivity contribution < 1.29 is 24.9 Å². The Morgan fingerprint density at radius 2 is 2.00 bits per heavy atom. The maximum atomic E-state index is 11.7. The van der Waals surface area contributed by atoms with E-state index in [2.05, 4.69) is 10.6 Å². The molecule has 5 N–H and O–H groups in total. The molecule has 2 amide bonds. The van der Waals surface area contributed by atoms with Crippen molar-refractivity contribution in [2.75, 3.05) is 0 Å². The third-order valence-electron chi connectivity index (χ3n) is 3.51. The molecule has 1 saturated carbocycles. The molecule has 7 nitrogen and oxygen atoms in total. The van der Waals surface area contributed by atoms with Crippen LogP contribution in [0.4, 0.5) is 4.79 Å². The van der Waals surface area contributed by atoms with E-state index in [0.717, 1.165) is 6.42 Å². The number of phenolic OH excluding ortho intramolecular Hbond substituents is 2. The second kappa shape index (κ2) is 5.90.